The lowest BCUT2D eigenvalue weighted by molar-refractivity contribution is 0.586. The molecule has 0 amide bonds. The topological polar surface area (TPSA) is 28.2 Å². The number of rotatable bonds is 4. The Hall–Kier alpha value is -1.39. The zero-order chi connectivity index (χ0) is 14.7. The lowest BCUT2D eigenvalue weighted by atomic mass is 10.1. The molecule has 0 radical (unpaired) electrons. The van der Waals surface area contributed by atoms with E-state index in [4.69, 9.17) is 4.98 Å². The van der Waals surface area contributed by atoms with Crippen LogP contribution >= 0.6 is 11.3 Å². The Bertz CT molecular complexity index is 593. The highest BCUT2D eigenvalue weighted by molar-refractivity contribution is 7.13. The Balaban J connectivity index is 1.90. The number of benzene rings is 1. The third kappa shape index (κ3) is 3.11. The molecule has 1 atom stereocenters. The molecule has 112 valence electrons. The van der Waals surface area contributed by atoms with Crippen molar-refractivity contribution in [3.8, 4) is 0 Å². The van der Waals surface area contributed by atoms with Crippen LogP contribution in [0.15, 0.2) is 29.6 Å². The summed E-state index contributed by atoms with van der Waals surface area (Å²) in [4.78, 5) is 7.27. The van der Waals surface area contributed by atoms with Gasteiger partial charge in [-0.3, -0.25) is 0 Å². The number of aryl methyl sites for hydroxylation is 1. The summed E-state index contributed by atoms with van der Waals surface area (Å²) < 4.78 is 0. The lowest BCUT2D eigenvalue weighted by Crippen LogP contribution is -2.20. The number of anilines is 2. The highest BCUT2D eigenvalue weighted by atomic mass is 32.1. The van der Waals surface area contributed by atoms with Gasteiger partial charge in [0.1, 0.15) is 0 Å². The minimum Gasteiger partial charge on any atom is -0.318 e. The van der Waals surface area contributed by atoms with Crippen LogP contribution in [0, 0.1) is 0 Å². The van der Waals surface area contributed by atoms with Gasteiger partial charge in [-0.1, -0.05) is 25.1 Å². The fourth-order valence-corrected chi connectivity index (χ4v) is 3.86. The van der Waals surface area contributed by atoms with E-state index in [9.17, 15) is 0 Å². The first-order valence-corrected chi connectivity index (χ1v) is 8.72. The fraction of sp³-hybridized carbons (Fsp3) is 0.471. The third-order valence-corrected chi connectivity index (χ3v) is 4.94. The quantitative estimate of drug-likeness (QED) is 0.913. The van der Waals surface area contributed by atoms with E-state index in [0.717, 1.165) is 23.9 Å². The van der Waals surface area contributed by atoms with Crippen LogP contribution < -0.4 is 10.2 Å². The predicted molar refractivity (Wildman–Crippen MR) is 90.6 cm³/mol. The van der Waals surface area contributed by atoms with Crippen molar-refractivity contribution in [3.05, 3.63) is 40.9 Å². The number of para-hydroxylation sites is 1. The van der Waals surface area contributed by atoms with Gasteiger partial charge in [0.25, 0.3) is 0 Å². The van der Waals surface area contributed by atoms with Crippen molar-refractivity contribution in [3.63, 3.8) is 0 Å². The normalized spacial score (nSPS) is 16.4. The molecule has 0 aliphatic carbocycles. The van der Waals surface area contributed by atoms with Crippen molar-refractivity contribution in [1.82, 2.24) is 10.3 Å². The maximum atomic E-state index is 4.87. The Morgan fingerprint density at radius 3 is 3.05 bits per heavy atom. The smallest absolute Gasteiger partial charge is 0.190 e. The maximum Gasteiger partial charge on any atom is 0.190 e. The number of nitrogens with zero attached hydrogens (tertiary/aromatic N) is 2. The zero-order valence-corrected chi connectivity index (χ0v) is 13.6. The molecule has 3 rings (SSSR count). The summed E-state index contributed by atoms with van der Waals surface area (Å²) in [5.74, 6) is 0. The van der Waals surface area contributed by atoms with E-state index in [1.807, 2.05) is 0 Å². The zero-order valence-electron chi connectivity index (χ0n) is 12.8. The molecule has 21 heavy (non-hydrogen) atoms. The second kappa shape index (κ2) is 6.58. The number of thiazole rings is 1. The van der Waals surface area contributed by atoms with E-state index >= 15 is 0 Å². The van der Waals surface area contributed by atoms with Crippen LogP contribution in [-0.4, -0.2) is 18.1 Å². The summed E-state index contributed by atoms with van der Waals surface area (Å²) in [6.45, 7) is 6.35. The van der Waals surface area contributed by atoms with E-state index in [0.29, 0.717) is 6.04 Å². The van der Waals surface area contributed by atoms with Crippen LogP contribution in [0.2, 0.25) is 0 Å². The van der Waals surface area contributed by atoms with Gasteiger partial charge in [0.15, 0.2) is 5.13 Å². The Morgan fingerprint density at radius 2 is 2.19 bits per heavy atom. The van der Waals surface area contributed by atoms with E-state index in [-0.39, 0.29) is 0 Å². The molecule has 4 heteroatoms. The Morgan fingerprint density at radius 1 is 1.33 bits per heavy atom. The van der Waals surface area contributed by atoms with E-state index < -0.39 is 0 Å². The third-order valence-electron chi connectivity index (χ3n) is 4.05. The van der Waals surface area contributed by atoms with Crippen molar-refractivity contribution < 1.29 is 0 Å². The largest absolute Gasteiger partial charge is 0.318 e. The average molecular weight is 301 g/mol. The minimum absolute atomic E-state index is 0.322. The average Bonchev–Trinajstić information content (AvgIpc) is 2.89. The predicted octanol–water partition coefficient (Wildman–Crippen LogP) is 4.29. The summed E-state index contributed by atoms with van der Waals surface area (Å²) in [6, 6.07) is 9.08. The molecule has 2 heterocycles. The maximum absolute atomic E-state index is 4.87. The standard InChI is InChI=1S/C17H23N3S/c1-3-18-13(2)15-12-21-17(19-15)20-11-7-6-9-14-8-4-5-10-16(14)20/h4-5,8,10,12-13,18H,3,6-7,9,11H2,1-2H3. The van der Waals surface area contributed by atoms with Crippen molar-refractivity contribution >= 4 is 22.2 Å². The van der Waals surface area contributed by atoms with E-state index in [1.54, 1.807) is 11.3 Å². The summed E-state index contributed by atoms with van der Waals surface area (Å²) in [6.07, 6.45) is 3.67. The first-order chi connectivity index (χ1) is 10.3. The van der Waals surface area contributed by atoms with Crippen LogP contribution in [-0.2, 0) is 6.42 Å². The minimum atomic E-state index is 0.322. The molecule has 2 aromatic rings. The van der Waals surface area contributed by atoms with Crippen molar-refractivity contribution in [2.24, 2.45) is 0 Å². The van der Waals surface area contributed by atoms with Crippen molar-refractivity contribution in [2.75, 3.05) is 18.0 Å². The van der Waals surface area contributed by atoms with Gasteiger partial charge in [-0.05, 0) is 44.4 Å². The van der Waals surface area contributed by atoms with Gasteiger partial charge in [0, 0.05) is 23.7 Å². The molecular formula is C17H23N3S. The van der Waals surface area contributed by atoms with Gasteiger partial charge in [0.2, 0.25) is 0 Å². The van der Waals surface area contributed by atoms with Crippen molar-refractivity contribution in [1.29, 1.82) is 0 Å². The number of fused-ring (bicyclic) bond motifs is 1. The molecule has 0 saturated heterocycles. The molecule has 1 aliphatic rings. The van der Waals surface area contributed by atoms with Gasteiger partial charge in [-0.15, -0.1) is 11.3 Å². The van der Waals surface area contributed by atoms with Crippen LogP contribution in [0.5, 0.6) is 0 Å². The molecular weight excluding hydrogens is 278 g/mol. The number of hydrogen-bond donors (Lipinski definition) is 1. The summed E-state index contributed by atoms with van der Waals surface area (Å²) in [5, 5.41) is 6.75. The second-order valence-electron chi connectivity index (χ2n) is 5.57. The van der Waals surface area contributed by atoms with Crippen LogP contribution in [0.25, 0.3) is 0 Å². The van der Waals surface area contributed by atoms with Crippen LogP contribution in [0.1, 0.15) is 44.0 Å². The molecule has 1 aromatic carbocycles. The van der Waals surface area contributed by atoms with E-state index in [2.05, 4.69) is 53.7 Å². The second-order valence-corrected chi connectivity index (χ2v) is 6.41. The number of nitrogens with one attached hydrogen (secondary N) is 1. The molecule has 1 unspecified atom stereocenters. The molecule has 0 spiro atoms. The van der Waals surface area contributed by atoms with Gasteiger partial charge in [-0.2, -0.15) is 0 Å². The SMILES string of the molecule is CCNC(C)c1csc(N2CCCCc3ccccc32)n1. The van der Waals surface area contributed by atoms with Gasteiger partial charge in [-0.25, -0.2) is 4.98 Å². The molecule has 1 N–H and O–H groups in total. The summed E-state index contributed by atoms with van der Waals surface area (Å²) in [7, 11) is 0. The molecule has 3 nitrogen and oxygen atoms in total. The fourth-order valence-electron chi connectivity index (χ4n) is 2.90. The Kier molecular flexibility index (Phi) is 4.56. The number of hydrogen-bond acceptors (Lipinski definition) is 4. The lowest BCUT2D eigenvalue weighted by Gasteiger charge is -2.22. The molecule has 0 fully saturated rings. The highest BCUT2D eigenvalue weighted by Gasteiger charge is 2.19. The van der Waals surface area contributed by atoms with E-state index in [1.165, 1.54) is 30.5 Å². The monoisotopic (exact) mass is 301 g/mol. The van der Waals surface area contributed by atoms with Gasteiger partial charge < -0.3 is 10.2 Å². The molecule has 0 bridgehead atoms. The first kappa shape index (κ1) is 14.5. The highest BCUT2D eigenvalue weighted by Crippen LogP contribution is 2.35. The molecule has 1 aromatic heterocycles. The summed E-state index contributed by atoms with van der Waals surface area (Å²) in [5.41, 5.74) is 3.94. The number of aromatic nitrogens is 1. The van der Waals surface area contributed by atoms with Crippen LogP contribution in [0.4, 0.5) is 10.8 Å². The first-order valence-electron chi connectivity index (χ1n) is 7.84. The van der Waals surface area contributed by atoms with Crippen molar-refractivity contribution in [2.45, 2.75) is 39.2 Å². The van der Waals surface area contributed by atoms with Gasteiger partial charge >= 0.3 is 0 Å². The van der Waals surface area contributed by atoms with Gasteiger partial charge in [0.05, 0.1) is 5.69 Å². The Labute approximate surface area is 131 Å². The molecule has 0 saturated carbocycles. The summed E-state index contributed by atoms with van der Waals surface area (Å²) >= 11 is 1.76. The van der Waals surface area contributed by atoms with Crippen LogP contribution in [0.3, 0.4) is 0 Å². The molecule has 1 aliphatic heterocycles.